The Bertz CT molecular complexity index is 838. The van der Waals surface area contributed by atoms with Crippen LogP contribution < -0.4 is 15.8 Å². The Morgan fingerprint density at radius 3 is 2.33 bits per heavy atom. The quantitative estimate of drug-likeness (QED) is 0.438. The van der Waals surface area contributed by atoms with Crippen molar-refractivity contribution in [3.05, 3.63) is 63.9 Å². The number of nitrogens with one attached hydrogen (secondary N) is 2. The number of hydrogen-bond acceptors (Lipinski definition) is 6. The Morgan fingerprint density at radius 1 is 1.11 bits per heavy atom. The molecule has 0 saturated carbocycles. The number of benzene rings is 1. The Morgan fingerprint density at radius 2 is 1.78 bits per heavy atom. The molecule has 2 rings (SSSR count). The van der Waals surface area contributed by atoms with Gasteiger partial charge < -0.3 is 9.32 Å². The molecule has 0 aliphatic heterocycles. The van der Waals surface area contributed by atoms with Gasteiger partial charge >= 0.3 is 5.88 Å². The van der Waals surface area contributed by atoms with Crippen LogP contribution in [0.2, 0.25) is 0 Å². The molecule has 0 aliphatic rings. The minimum Gasteiger partial charge on any atom is -0.401 e. The van der Waals surface area contributed by atoms with Crippen LogP contribution in [-0.2, 0) is 4.79 Å². The van der Waals surface area contributed by atoms with E-state index in [1.807, 2.05) is 26.0 Å². The first-order chi connectivity index (χ1) is 12.9. The molecule has 0 saturated heterocycles. The first kappa shape index (κ1) is 19.7. The fraction of sp³-hybridized carbons (Fsp3) is 0.222. The van der Waals surface area contributed by atoms with Crippen LogP contribution in [0.15, 0.2) is 46.9 Å². The van der Waals surface area contributed by atoms with E-state index in [0.29, 0.717) is 5.56 Å². The topological polar surface area (TPSA) is 118 Å². The summed E-state index contributed by atoms with van der Waals surface area (Å²) in [7, 11) is 0. The van der Waals surface area contributed by atoms with Gasteiger partial charge in [-0.05, 0) is 50.3 Å². The second-order valence-corrected chi connectivity index (χ2v) is 5.43. The van der Waals surface area contributed by atoms with Crippen LogP contribution in [0.1, 0.15) is 30.0 Å². The highest BCUT2D eigenvalue weighted by atomic mass is 16.6. The van der Waals surface area contributed by atoms with E-state index >= 15 is 0 Å². The van der Waals surface area contributed by atoms with Crippen molar-refractivity contribution >= 4 is 29.5 Å². The Hall–Kier alpha value is -3.62. The van der Waals surface area contributed by atoms with Gasteiger partial charge in [0.05, 0.1) is 6.07 Å². The van der Waals surface area contributed by atoms with Crippen molar-refractivity contribution in [3.8, 4) is 0 Å². The molecule has 1 aromatic heterocycles. The van der Waals surface area contributed by atoms with Gasteiger partial charge in [0.2, 0.25) is 0 Å². The van der Waals surface area contributed by atoms with E-state index in [1.165, 1.54) is 18.2 Å². The average molecular weight is 372 g/mol. The number of hydrazine groups is 1. The molecule has 0 spiro atoms. The van der Waals surface area contributed by atoms with E-state index in [9.17, 15) is 19.7 Å². The van der Waals surface area contributed by atoms with Gasteiger partial charge in [-0.15, -0.1) is 0 Å². The minimum atomic E-state index is -0.677. The average Bonchev–Trinajstić information content (AvgIpc) is 3.15. The third-order valence-electron chi connectivity index (χ3n) is 3.75. The lowest BCUT2D eigenvalue weighted by Crippen LogP contribution is -2.40. The second-order valence-electron chi connectivity index (χ2n) is 5.43. The predicted octanol–water partition coefficient (Wildman–Crippen LogP) is 2.51. The number of furan rings is 1. The monoisotopic (exact) mass is 372 g/mol. The zero-order valence-corrected chi connectivity index (χ0v) is 15.0. The van der Waals surface area contributed by atoms with Crippen molar-refractivity contribution < 1.29 is 18.9 Å². The van der Waals surface area contributed by atoms with Crippen molar-refractivity contribution in [2.45, 2.75) is 13.8 Å². The van der Waals surface area contributed by atoms with Crippen molar-refractivity contribution in [1.82, 2.24) is 10.9 Å². The van der Waals surface area contributed by atoms with E-state index < -0.39 is 22.6 Å². The van der Waals surface area contributed by atoms with Crippen LogP contribution in [-0.4, -0.2) is 29.8 Å². The Balaban J connectivity index is 1.87. The number of nitro groups is 1. The molecule has 2 aromatic rings. The summed E-state index contributed by atoms with van der Waals surface area (Å²) in [5, 5.41) is 10.5. The van der Waals surface area contributed by atoms with Crippen molar-refractivity contribution in [2.75, 3.05) is 18.0 Å². The highest BCUT2D eigenvalue weighted by Gasteiger charge is 2.11. The molecule has 0 radical (unpaired) electrons. The highest BCUT2D eigenvalue weighted by molar-refractivity contribution is 5.98. The number of amides is 2. The summed E-state index contributed by atoms with van der Waals surface area (Å²) < 4.78 is 4.88. The minimum absolute atomic E-state index is 0.148. The molecule has 2 N–H and O–H groups in total. The molecule has 0 atom stereocenters. The number of carbonyl (C=O) groups is 2. The van der Waals surface area contributed by atoms with E-state index in [-0.39, 0.29) is 5.76 Å². The summed E-state index contributed by atoms with van der Waals surface area (Å²) >= 11 is 0. The lowest BCUT2D eigenvalue weighted by Gasteiger charge is -2.21. The van der Waals surface area contributed by atoms with Gasteiger partial charge in [-0.1, -0.05) is 0 Å². The van der Waals surface area contributed by atoms with Crippen molar-refractivity contribution in [2.24, 2.45) is 0 Å². The van der Waals surface area contributed by atoms with Crippen molar-refractivity contribution in [1.29, 1.82) is 0 Å². The van der Waals surface area contributed by atoms with Crippen LogP contribution in [0.5, 0.6) is 0 Å². The van der Waals surface area contributed by atoms with E-state index in [1.54, 1.807) is 12.1 Å². The largest absolute Gasteiger partial charge is 0.433 e. The maximum atomic E-state index is 12.1. The molecular weight excluding hydrogens is 352 g/mol. The fourth-order valence-electron chi connectivity index (χ4n) is 2.33. The first-order valence-electron chi connectivity index (χ1n) is 8.32. The number of hydrogen-bond donors (Lipinski definition) is 2. The molecule has 1 heterocycles. The van der Waals surface area contributed by atoms with Gasteiger partial charge in [-0.25, -0.2) is 0 Å². The van der Waals surface area contributed by atoms with Crippen LogP contribution >= 0.6 is 0 Å². The Labute approximate surface area is 155 Å². The molecule has 27 heavy (non-hydrogen) atoms. The summed E-state index contributed by atoms with van der Waals surface area (Å²) in [6.45, 7) is 5.83. The summed E-state index contributed by atoms with van der Waals surface area (Å²) in [6, 6.07) is 9.57. The van der Waals surface area contributed by atoms with Crippen molar-refractivity contribution in [3.63, 3.8) is 0 Å². The van der Waals surface area contributed by atoms with Gasteiger partial charge in [0.25, 0.3) is 11.8 Å². The van der Waals surface area contributed by atoms with Gasteiger partial charge in [-0.2, -0.15) is 0 Å². The summed E-state index contributed by atoms with van der Waals surface area (Å²) in [6.07, 6.45) is 2.35. The molecule has 0 fully saturated rings. The second kappa shape index (κ2) is 9.18. The third kappa shape index (κ3) is 5.43. The normalized spacial score (nSPS) is 10.6. The fourth-order valence-corrected chi connectivity index (χ4v) is 2.33. The van der Waals surface area contributed by atoms with Gasteiger partial charge in [0.1, 0.15) is 10.7 Å². The summed E-state index contributed by atoms with van der Waals surface area (Å²) in [5.41, 5.74) is 5.93. The highest BCUT2D eigenvalue weighted by Crippen LogP contribution is 2.16. The first-order valence-corrected chi connectivity index (χ1v) is 8.32. The van der Waals surface area contributed by atoms with Gasteiger partial charge in [0.15, 0.2) is 0 Å². The number of carbonyl (C=O) groups excluding carboxylic acids is 2. The summed E-state index contributed by atoms with van der Waals surface area (Å²) in [5.74, 6) is -1.34. The molecule has 0 unspecified atom stereocenters. The predicted molar refractivity (Wildman–Crippen MR) is 100 cm³/mol. The molecule has 0 bridgehead atoms. The lowest BCUT2D eigenvalue weighted by molar-refractivity contribution is -0.402. The molecule has 142 valence electrons. The van der Waals surface area contributed by atoms with Crippen LogP contribution in [0.25, 0.3) is 6.08 Å². The molecule has 0 aliphatic carbocycles. The molecule has 2 amide bonds. The van der Waals surface area contributed by atoms with E-state index in [4.69, 9.17) is 4.42 Å². The van der Waals surface area contributed by atoms with Crippen LogP contribution in [0.4, 0.5) is 11.6 Å². The van der Waals surface area contributed by atoms with E-state index in [2.05, 4.69) is 15.8 Å². The zero-order valence-electron chi connectivity index (χ0n) is 15.0. The lowest BCUT2D eigenvalue weighted by atomic mass is 10.2. The Kier molecular flexibility index (Phi) is 6.70. The van der Waals surface area contributed by atoms with Gasteiger partial charge in [-0.3, -0.25) is 30.6 Å². The molecular formula is C18H20N4O5. The number of anilines is 1. The van der Waals surface area contributed by atoms with E-state index in [0.717, 1.165) is 24.9 Å². The number of rotatable bonds is 7. The molecule has 1 aromatic carbocycles. The molecule has 9 heteroatoms. The summed E-state index contributed by atoms with van der Waals surface area (Å²) in [4.78, 5) is 35.8. The zero-order chi connectivity index (χ0) is 19.8. The van der Waals surface area contributed by atoms with Crippen LogP contribution in [0, 0.1) is 10.1 Å². The van der Waals surface area contributed by atoms with Crippen LogP contribution in [0.3, 0.4) is 0 Å². The van der Waals surface area contributed by atoms with Gasteiger partial charge in [0, 0.05) is 30.4 Å². The maximum absolute atomic E-state index is 12.1. The SMILES string of the molecule is CCN(CC)c1ccc(C(=O)NNC(=O)/C=C/c2ccc([N+](=O)[O-])o2)cc1. The number of nitrogens with zero attached hydrogens (tertiary/aromatic N) is 2. The molecule has 9 nitrogen and oxygen atoms in total. The maximum Gasteiger partial charge on any atom is 0.433 e. The third-order valence-corrected chi connectivity index (χ3v) is 3.75. The standard InChI is InChI=1S/C18H20N4O5/c1-3-21(4-2)14-7-5-13(6-8-14)18(24)20-19-16(23)11-9-15-10-12-17(27-15)22(25)26/h5-12H,3-4H2,1-2H3,(H,19,23)(H,20,24)/b11-9+. The smallest absolute Gasteiger partial charge is 0.401 e.